The number of alkyl halides is 3. The number of halogens is 3. The van der Waals surface area contributed by atoms with Crippen molar-refractivity contribution in [2.45, 2.75) is 50.7 Å². The van der Waals surface area contributed by atoms with Crippen molar-refractivity contribution in [2.75, 3.05) is 26.2 Å². The molecule has 1 amide bonds. The number of amides is 1. The number of hydrogen-bond donors (Lipinski definition) is 0. The molecule has 0 unspecified atom stereocenters. The molecule has 2 saturated heterocycles. The Labute approximate surface area is 138 Å². The molecule has 2 fully saturated rings. The van der Waals surface area contributed by atoms with Gasteiger partial charge in [0, 0.05) is 26.1 Å². The van der Waals surface area contributed by atoms with Crippen LogP contribution in [0.25, 0.3) is 0 Å². The maximum absolute atomic E-state index is 12.4. The first kappa shape index (κ1) is 17.2. The van der Waals surface area contributed by atoms with E-state index in [2.05, 4.69) is 15.1 Å². The molecule has 6 nitrogen and oxygen atoms in total. The van der Waals surface area contributed by atoms with Gasteiger partial charge in [0.1, 0.15) is 6.42 Å². The highest BCUT2D eigenvalue weighted by Gasteiger charge is 2.33. The van der Waals surface area contributed by atoms with Crippen molar-refractivity contribution in [3.63, 3.8) is 0 Å². The van der Waals surface area contributed by atoms with Crippen LogP contribution in [0.2, 0.25) is 0 Å². The largest absolute Gasteiger partial charge is 0.423 e. The quantitative estimate of drug-likeness (QED) is 0.819. The van der Waals surface area contributed by atoms with Crippen LogP contribution in [0.15, 0.2) is 4.42 Å². The van der Waals surface area contributed by atoms with E-state index in [4.69, 9.17) is 4.42 Å². The van der Waals surface area contributed by atoms with Crippen molar-refractivity contribution >= 4 is 5.91 Å². The van der Waals surface area contributed by atoms with Crippen LogP contribution in [-0.2, 0) is 11.2 Å². The summed E-state index contributed by atoms with van der Waals surface area (Å²) >= 11 is 0. The first-order valence-electron chi connectivity index (χ1n) is 8.33. The molecule has 0 radical (unpaired) electrons. The minimum Gasteiger partial charge on any atom is -0.423 e. The van der Waals surface area contributed by atoms with E-state index in [0.717, 1.165) is 38.8 Å². The number of nitrogens with zero attached hydrogens (tertiary/aromatic N) is 4. The third kappa shape index (κ3) is 4.25. The number of carbonyl (C=O) groups excluding carboxylic acids is 1. The van der Waals surface area contributed by atoms with Crippen LogP contribution >= 0.6 is 0 Å². The first-order chi connectivity index (χ1) is 11.4. The molecule has 0 N–H and O–H groups in total. The molecule has 0 aliphatic carbocycles. The summed E-state index contributed by atoms with van der Waals surface area (Å²) in [6.07, 6.45) is -1.28. The summed E-state index contributed by atoms with van der Waals surface area (Å²) in [4.78, 5) is 15.7. The molecular formula is C15H21F3N4O2. The third-order valence-corrected chi connectivity index (χ3v) is 4.56. The summed E-state index contributed by atoms with van der Waals surface area (Å²) in [5.41, 5.74) is 0. The van der Waals surface area contributed by atoms with E-state index < -0.39 is 18.5 Å². The average molecular weight is 346 g/mol. The van der Waals surface area contributed by atoms with E-state index >= 15 is 0 Å². The summed E-state index contributed by atoms with van der Waals surface area (Å²) in [5, 5.41) is 7.36. The fraction of sp³-hybridized carbons (Fsp3) is 0.800. The van der Waals surface area contributed by atoms with Gasteiger partial charge < -0.3 is 9.32 Å². The highest BCUT2D eigenvalue weighted by molar-refractivity contribution is 5.78. The van der Waals surface area contributed by atoms with Gasteiger partial charge in [0.05, 0.1) is 6.04 Å². The topological polar surface area (TPSA) is 62.5 Å². The molecule has 9 heteroatoms. The van der Waals surface area contributed by atoms with Gasteiger partial charge in [-0.1, -0.05) is 6.42 Å². The molecule has 0 spiro atoms. The second kappa shape index (κ2) is 7.08. The summed E-state index contributed by atoms with van der Waals surface area (Å²) in [6, 6.07) is -0.161. The lowest BCUT2D eigenvalue weighted by atomic mass is 10.0. The van der Waals surface area contributed by atoms with E-state index in [0.29, 0.717) is 19.5 Å². The molecule has 24 heavy (non-hydrogen) atoms. The van der Waals surface area contributed by atoms with Gasteiger partial charge in [0.25, 0.3) is 0 Å². The number of carbonyl (C=O) groups is 1. The fourth-order valence-electron chi connectivity index (χ4n) is 3.37. The summed E-state index contributed by atoms with van der Waals surface area (Å²) in [7, 11) is 0. The Balaban J connectivity index is 1.62. The van der Waals surface area contributed by atoms with Crippen LogP contribution in [0.1, 0.15) is 49.9 Å². The van der Waals surface area contributed by atoms with Crippen LogP contribution in [0, 0.1) is 0 Å². The lowest BCUT2D eigenvalue weighted by Crippen LogP contribution is -2.40. The molecule has 3 heterocycles. The monoisotopic (exact) mass is 346 g/mol. The number of rotatable bonds is 5. The summed E-state index contributed by atoms with van der Waals surface area (Å²) < 4.78 is 42.5. The molecule has 1 aromatic heterocycles. The minimum absolute atomic E-state index is 0.161. The van der Waals surface area contributed by atoms with Crippen LogP contribution in [0.5, 0.6) is 0 Å². The predicted molar refractivity (Wildman–Crippen MR) is 78.0 cm³/mol. The molecule has 0 saturated carbocycles. The molecule has 134 valence electrons. The van der Waals surface area contributed by atoms with Crippen LogP contribution in [0.3, 0.4) is 0 Å². The first-order valence-corrected chi connectivity index (χ1v) is 8.33. The molecule has 0 bridgehead atoms. The Bertz CT molecular complexity index is 575. The second-order valence-electron chi connectivity index (χ2n) is 6.36. The van der Waals surface area contributed by atoms with E-state index in [9.17, 15) is 18.0 Å². The van der Waals surface area contributed by atoms with Gasteiger partial charge in [-0.25, -0.2) is 0 Å². The van der Waals surface area contributed by atoms with Crippen molar-refractivity contribution in [3.05, 3.63) is 11.8 Å². The SMILES string of the molecule is O=C1CCCN1CCN1CCCC[C@H]1c1nnc(CC(F)(F)F)o1. The number of aromatic nitrogens is 2. The zero-order valence-corrected chi connectivity index (χ0v) is 13.4. The molecule has 1 aromatic rings. The molecule has 0 aromatic carbocycles. The van der Waals surface area contributed by atoms with Crippen molar-refractivity contribution in [1.29, 1.82) is 0 Å². The summed E-state index contributed by atoms with van der Waals surface area (Å²) in [5.74, 6) is 0.0354. The lowest BCUT2D eigenvalue weighted by Gasteiger charge is -2.34. The Hall–Kier alpha value is -1.64. The van der Waals surface area contributed by atoms with Crippen LogP contribution < -0.4 is 0 Å². The molecule has 3 rings (SSSR count). The Morgan fingerprint density at radius 3 is 2.67 bits per heavy atom. The maximum Gasteiger partial charge on any atom is 0.397 e. The third-order valence-electron chi connectivity index (χ3n) is 4.56. The van der Waals surface area contributed by atoms with Gasteiger partial charge in [0.15, 0.2) is 0 Å². The van der Waals surface area contributed by atoms with Gasteiger partial charge in [-0.3, -0.25) is 9.69 Å². The van der Waals surface area contributed by atoms with E-state index in [1.54, 1.807) is 0 Å². The van der Waals surface area contributed by atoms with Gasteiger partial charge >= 0.3 is 6.18 Å². The van der Waals surface area contributed by atoms with Crippen molar-refractivity contribution in [2.24, 2.45) is 0 Å². The molecule has 1 atom stereocenters. The van der Waals surface area contributed by atoms with Gasteiger partial charge in [-0.2, -0.15) is 13.2 Å². The van der Waals surface area contributed by atoms with Crippen LogP contribution in [0.4, 0.5) is 13.2 Å². The van der Waals surface area contributed by atoms with E-state index in [-0.39, 0.29) is 17.8 Å². The Morgan fingerprint density at radius 2 is 1.96 bits per heavy atom. The van der Waals surface area contributed by atoms with Crippen molar-refractivity contribution in [1.82, 2.24) is 20.0 Å². The van der Waals surface area contributed by atoms with Gasteiger partial charge in [-0.15, -0.1) is 10.2 Å². The van der Waals surface area contributed by atoms with E-state index in [1.807, 2.05) is 4.90 Å². The van der Waals surface area contributed by atoms with Crippen molar-refractivity contribution in [3.8, 4) is 0 Å². The highest BCUT2D eigenvalue weighted by Crippen LogP contribution is 2.31. The smallest absolute Gasteiger partial charge is 0.397 e. The van der Waals surface area contributed by atoms with Gasteiger partial charge in [-0.05, 0) is 25.8 Å². The summed E-state index contributed by atoms with van der Waals surface area (Å²) in [6.45, 7) is 2.92. The van der Waals surface area contributed by atoms with Crippen LogP contribution in [-0.4, -0.2) is 58.3 Å². The Morgan fingerprint density at radius 1 is 1.12 bits per heavy atom. The number of hydrogen-bond acceptors (Lipinski definition) is 5. The number of piperidine rings is 1. The predicted octanol–water partition coefficient (Wildman–Crippen LogP) is 2.32. The molecule has 2 aliphatic rings. The zero-order valence-electron chi connectivity index (χ0n) is 13.4. The molecule has 2 aliphatic heterocycles. The average Bonchev–Trinajstić information content (AvgIpc) is 3.13. The van der Waals surface area contributed by atoms with Gasteiger partial charge in [0.2, 0.25) is 17.7 Å². The normalized spacial score (nSPS) is 23.2. The zero-order chi connectivity index (χ0) is 17.2. The van der Waals surface area contributed by atoms with E-state index in [1.165, 1.54) is 0 Å². The Kier molecular flexibility index (Phi) is 5.07. The highest BCUT2D eigenvalue weighted by atomic mass is 19.4. The minimum atomic E-state index is -4.35. The lowest BCUT2D eigenvalue weighted by molar-refractivity contribution is -0.131. The second-order valence-corrected chi connectivity index (χ2v) is 6.36. The van der Waals surface area contributed by atoms with Crippen molar-refractivity contribution < 1.29 is 22.4 Å². The number of likely N-dealkylation sites (tertiary alicyclic amines) is 2. The fourth-order valence-corrected chi connectivity index (χ4v) is 3.37. The maximum atomic E-state index is 12.4. The standard InChI is InChI=1S/C15H21F3N4O2/c16-15(17,18)10-12-19-20-14(24-12)11-4-1-2-6-21(11)8-9-22-7-3-5-13(22)23/h11H,1-10H2/t11-/m0/s1. The molecular weight excluding hydrogens is 325 g/mol.